The molecule has 0 spiro atoms. The molecule has 4 nitrogen and oxygen atoms in total. The van der Waals surface area contributed by atoms with Crippen molar-refractivity contribution in [2.75, 3.05) is 7.11 Å². The Morgan fingerprint density at radius 2 is 2.00 bits per heavy atom. The molecule has 0 atom stereocenters. The van der Waals surface area contributed by atoms with Gasteiger partial charge in [0, 0.05) is 11.6 Å². The van der Waals surface area contributed by atoms with Gasteiger partial charge < -0.3 is 20.1 Å². The number of methoxy groups -OCH3 is 1. The van der Waals surface area contributed by atoms with Crippen LogP contribution in [-0.4, -0.2) is 22.4 Å². The van der Waals surface area contributed by atoms with E-state index < -0.39 is 0 Å². The van der Waals surface area contributed by atoms with Gasteiger partial charge >= 0.3 is 0 Å². The molecule has 0 saturated carbocycles. The molecule has 0 aliphatic rings. The summed E-state index contributed by atoms with van der Waals surface area (Å²) in [7, 11) is 1.44. The lowest BCUT2D eigenvalue weighted by Gasteiger charge is -2.06. The number of aliphatic hydroxyl groups is 1. The topological polar surface area (TPSA) is 69.9 Å². The van der Waals surface area contributed by atoms with Crippen LogP contribution in [0.1, 0.15) is 5.56 Å². The van der Waals surface area contributed by atoms with Crippen LogP contribution >= 0.6 is 0 Å². The van der Waals surface area contributed by atoms with Crippen LogP contribution in [0.5, 0.6) is 17.2 Å². The molecule has 3 N–H and O–H groups in total. The quantitative estimate of drug-likeness (QED) is 0.568. The minimum Gasteiger partial charge on any atom is -0.504 e. The Kier molecular flexibility index (Phi) is 2.40. The molecule has 1 aromatic carbocycles. The van der Waals surface area contributed by atoms with Crippen LogP contribution in [0.4, 0.5) is 0 Å². The van der Waals surface area contributed by atoms with E-state index in [1.165, 1.54) is 19.2 Å². The molecule has 0 amide bonds. The number of hydrogen-bond donors (Lipinski definition) is 3. The molecule has 0 fully saturated rings. The number of ether oxygens (including phenoxy) is 1. The maximum absolute atomic E-state index is 9.15. The Morgan fingerprint density at radius 3 is 2.50 bits per heavy atom. The summed E-state index contributed by atoms with van der Waals surface area (Å²) in [5.41, 5.74) is 0.242. The number of aliphatic hydroxyl groups excluding tert-OH is 1. The number of phenols is 2. The molecule has 0 heterocycles. The van der Waals surface area contributed by atoms with Crippen molar-refractivity contribution in [1.82, 2.24) is 0 Å². The van der Waals surface area contributed by atoms with Crippen molar-refractivity contribution in [2.24, 2.45) is 0 Å². The van der Waals surface area contributed by atoms with Gasteiger partial charge in [-0.25, -0.2) is 0 Å². The van der Waals surface area contributed by atoms with E-state index in [1.54, 1.807) is 0 Å². The van der Waals surface area contributed by atoms with Crippen molar-refractivity contribution in [3.05, 3.63) is 17.7 Å². The fraction of sp³-hybridized carbons (Fsp3) is 0.250. The van der Waals surface area contributed by atoms with E-state index in [1.807, 2.05) is 0 Å². The van der Waals surface area contributed by atoms with Gasteiger partial charge in [0.1, 0.15) is 5.75 Å². The van der Waals surface area contributed by atoms with Crippen LogP contribution in [0.3, 0.4) is 0 Å². The van der Waals surface area contributed by atoms with Crippen LogP contribution in [0.2, 0.25) is 0 Å². The van der Waals surface area contributed by atoms with Gasteiger partial charge in [-0.2, -0.15) is 0 Å². The molecule has 0 aliphatic carbocycles. The molecular weight excluding hydrogens is 160 g/mol. The molecule has 4 heteroatoms. The highest BCUT2D eigenvalue weighted by Gasteiger charge is 2.07. The van der Waals surface area contributed by atoms with Gasteiger partial charge in [-0.15, -0.1) is 0 Å². The van der Waals surface area contributed by atoms with Crippen LogP contribution < -0.4 is 4.74 Å². The summed E-state index contributed by atoms with van der Waals surface area (Å²) in [4.78, 5) is 0. The molecule has 1 aromatic rings. The normalized spacial score (nSPS) is 9.83. The average Bonchev–Trinajstić information content (AvgIpc) is 2.09. The van der Waals surface area contributed by atoms with Crippen LogP contribution in [0.15, 0.2) is 12.1 Å². The van der Waals surface area contributed by atoms with E-state index in [4.69, 9.17) is 20.1 Å². The number of phenolic OH excluding ortho intramolecular Hbond substituents is 1. The van der Waals surface area contributed by atoms with Crippen molar-refractivity contribution < 1.29 is 20.1 Å². The molecule has 1 rings (SSSR count). The Morgan fingerprint density at radius 1 is 1.33 bits per heavy atom. The summed E-state index contributed by atoms with van der Waals surface area (Å²) < 4.78 is 4.81. The van der Waals surface area contributed by atoms with Crippen molar-refractivity contribution in [1.29, 1.82) is 0 Å². The van der Waals surface area contributed by atoms with Gasteiger partial charge in [0.2, 0.25) is 0 Å². The Labute approximate surface area is 69.7 Å². The zero-order valence-corrected chi connectivity index (χ0v) is 6.61. The lowest BCUT2D eigenvalue weighted by Crippen LogP contribution is -1.88. The van der Waals surface area contributed by atoms with Gasteiger partial charge in [0.25, 0.3) is 0 Å². The number of aromatic hydroxyl groups is 2. The molecule has 0 unspecified atom stereocenters. The molecular formula is C8H10O4. The van der Waals surface area contributed by atoms with Gasteiger partial charge in [-0.1, -0.05) is 0 Å². The van der Waals surface area contributed by atoms with E-state index in [2.05, 4.69) is 0 Å². The monoisotopic (exact) mass is 170 g/mol. The maximum Gasteiger partial charge on any atom is 0.163 e. The highest BCUT2D eigenvalue weighted by atomic mass is 16.5. The fourth-order valence-electron chi connectivity index (χ4n) is 0.888. The van der Waals surface area contributed by atoms with E-state index in [-0.39, 0.29) is 23.7 Å². The highest BCUT2D eigenvalue weighted by molar-refractivity contribution is 5.49. The first-order valence-electron chi connectivity index (χ1n) is 3.38. The number of hydrogen-bond acceptors (Lipinski definition) is 4. The Bertz CT molecular complexity index is 283. The second-order valence-electron chi connectivity index (χ2n) is 2.31. The molecule has 0 aromatic heterocycles. The predicted octanol–water partition coefficient (Wildman–Crippen LogP) is 0.599. The smallest absolute Gasteiger partial charge is 0.163 e. The third-order valence-electron chi connectivity index (χ3n) is 1.55. The summed E-state index contributed by atoms with van der Waals surface area (Å²) >= 11 is 0. The minimum absolute atomic E-state index is 0.242. The number of rotatable bonds is 2. The Balaban J connectivity index is 3.19. The second kappa shape index (κ2) is 3.32. The van der Waals surface area contributed by atoms with Gasteiger partial charge in [0.15, 0.2) is 11.5 Å². The Hall–Kier alpha value is -1.42. The lowest BCUT2D eigenvalue weighted by molar-refractivity contribution is 0.271. The zero-order chi connectivity index (χ0) is 9.14. The molecule has 0 bridgehead atoms. The first-order chi connectivity index (χ1) is 5.69. The summed E-state index contributed by atoms with van der Waals surface area (Å²) in [6.07, 6.45) is 0. The predicted molar refractivity (Wildman–Crippen MR) is 42.2 cm³/mol. The lowest BCUT2D eigenvalue weighted by atomic mass is 10.2. The van der Waals surface area contributed by atoms with E-state index in [0.29, 0.717) is 5.75 Å². The van der Waals surface area contributed by atoms with Crippen LogP contribution in [0.25, 0.3) is 0 Å². The standard InChI is InChI=1S/C8H10O4/c1-12-6-2-5(4-9)8(11)7(10)3-6/h2-3,9-11H,4H2,1H3. The summed E-state index contributed by atoms with van der Waals surface area (Å²) in [5, 5.41) is 27.0. The molecule has 0 saturated heterocycles. The van der Waals surface area contributed by atoms with Crippen molar-refractivity contribution in [3.63, 3.8) is 0 Å². The van der Waals surface area contributed by atoms with Gasteiger partial charge in [-0.05, 0) is 6.07 Å². The minimum atomic E-state index is -0.337. The molecule has 66 valence electrons. The van der Waals surface area contributed by atoms with Crippen molar-refractivity contribution in [2.45, 2.75) is 6.61 Å². The fourth-order valence-corrected chi connectivity index (χ4v) is 0.888. The highest BCUT2D eigenvalue weighted by Crippen LogP contribution is 2.33. The van der Waals surface area contributed by atoms with Gasteiger partial charge in [0.05, 0.1) is 13.7 Å². The average molecular weight is 170 g/mol. The summed E-state index contributed by atoms with van der Waals surface area (Å²) in [5.74, 6) is -0.203. The number of benzene rings is 1. The second-order valence-corrected chi connectivity index (χ2v) is 2.31. The summed E-state index contributed by atoms with van der Waals surface area (Å²) in [6.45, 7) is -0.337. The third kappa shape index (κ3) is 1.43. The first-order valence-corrected chi connectivity index (χ1v) is 3.38. The van der Waals surface area contributed by atoms with E-state index in [0.717, 1.165) is 0 Å². The summed E-state index contributed by atoms with van der Waals surface area (Å²) in [6, 6.07) is 2.73. The van der Waals surface area contributed by atoms with Gasteiger partial charge in [-0.3, -0.25) is 0 Å². The van der Waals surface area contributed by atoms with E-state index in [9.17, 15) is 0 Å². The van der Waals surface area contributed by atoms with Crippen molar-refractivity contribution in [3.8, 4) is 17.2 Å². The van der Waals surface area contributed by atoms with Crippen LogP contribution in [-0.2, 0) is 6.61 Å². The molecule has 0 radical (unpaired) electrons. The zero-order valence-electron chi connectivity index (χ0n) is 6.61. The third-order valence-corrected chi connectivity index (χ3v) is 1.55. The van der Waals surface area contributed by atoms with Crippen molar-refractivity contribution >= 4 is 0 Å². The van der Waals surface area contributed by atoms with E-state index >= 15 is 0 Å². The maximum atomic E-state index is 9.15. The van der Waals surface area contributed by atoms with Crippen LogP contribution in [0, 0.1) is 0 Å². The molecule has 12 heavy (non-hydrogen) atoms. The first kappa shape index (κ1) is 8.67. The SMILES string of the molecule is COc1cc(O)c(O)c(CO)c1. The largest absolute Gasteiger partial charge is 0.504 e. The molecule has 0 aliphatic heterocycles.